The lowest BCUT2D eigenvalue weighted by Crippen LogP contribution is -1.80. The predicted octanol–water partition coefficient (Wildman–Crippen LogP) is 1.73. The minimum absolute atomic E-state index is 0.0102. The van der Waals surface area contributed by atoms with Crippen LogP contribution in [-0.2, 0) is 4.79 Å². The van der Waals surface area contributed by atoms with E-state index in [0.29, 0.717) is 3.95 Å². The Morgan fingerprint density at radius 2 is 2.64 bits per heavy atom. The van der Waals surface area contributed by atoms with E-state index in [1.807, 2.05) is 0 Å². The maximum absolute atomic E-state index is 9.68. The van der Waals surface area contributed by atoms with Crippen molar-refractivity contribution >= 4 is 41.8 Å². The standard InChI is InChI=1S/C4H2N2O2S3/c7-2-5-11-6-3(8)1-10-4(6)9/h1,8H. The van der Waals surface area contributed by atoms with E-state index in [4.69, 9.17) is 17.3 Å². The Labute approximate surface area is 75.5 Å². The third-order valence-corrected chi connectivity index (χ3v) is 2.90. The van der Waals surface area contributed by atoms with Gasteiger partial charge in [-0.1, -0.05) is 0 Å². The molecule has 0 saturated carbocycles. The van der Waals surface area contributed by atoms with E-state index in [1.54, 1.807) is 0 Å². The summed E-state index contributed by atoms with van der Waals surface area (Å²) in [5.41, 5.74) is 0. The summed E-state index contributed by atoms with van der Waals surface area (Å²) in [5, 5.41) is 10.5. The first-order valence-corrected chi connectivity index (χ1v) is 4.41. The average molecular weight is 206 g/mol. The molecule has 0 aliphatic carbocycles. The first kappa shape index (κ1) is 8.48. The van der Waals surface area contributed by atoms with Gasteiger partial charge in [-0.15, -0.1) is 15.7 Å². The summed E-state index contributed by atoms with van der Waals surface area (Å²) >= 11 is 6.75. The van der Waals surface area contributed by atoms with Crippen molar-refractivity contribution in [2.24, 2.45) is 4.40 Å². The number of isocyanates is 1. The molecule has 1 heterocycles. The van der Waals surface area contributed by atoms with Crippen LogP contribution < -0.4 is 0 Å². The molecule has 1 aromatic heterocycles. The molecule has 4 nitrogen and oxygen atoms in total. The molecule has 11 heavy (non-hydrogen) atoms. The van der Waals surface area contributed by atoms with Crippen LogP contribution in [-0.4, -0.2) is 15.2 Å². The van der Waals surface area contributed by atoms with E-state index in [-0.39, 0.29) is 5.88 Å². The topological polar surface area (TPSA) is 54.6 Å². The van der Waals surface area contributed by atoms with E-state index < -0.39 is 0 Å². The van der Waals surface area contributed by atoms with Crippen LogP contribution >= 0.6 is 35.7 Å². The van der Waals surface area contributed by atoms with Gasteiger partial charge in [0.05, 0.1) is 5.38 Å². The number of carbonyl (C=O) groups excluding carboxylic acids is 1. The first-order chi connectivity index (χ1) is 5.25. The lowest BCUT2D eigenvalue weighted by Gasteiger charge is -1.92. The van der Waals surface area contributed by atoms with Crippen LogP contribution in [0.25, 0.3) is 0 Å². The number of nitrogens with zero attached hydrogens (tertiary/aromatic N) is 2. The Morgan fingerprint density at radius 3 is 3.09 bits per heavy atom. The fourth-order valence-corrected chi connectivity index (χ4v) is 1.88. The van der Waals surface area contributed by atoms with Crippen molar-refractivity contribution in [2.75, 3.05) is 0 Å². The Balaban J connectivity index is 3.01. The molecule has 0 saturated heterocycles. The lowest BCUT2D eigenvalue weighted by atomic mass is 10.9. The van der Waals surface area contributed by atoms with Crippen LogP contribution in [0.4, 0.5) is 0 Å². The monoisotopic (exact) mass is 206 g/mol. The van der Waals surface area contributed by atoms with Crippen molar-refractivity contribution in [2.45, 2.75) is 0 Å². The zero-order valence-electron chi connectivity index (χ0n) is 5.05. The summed E-state index contributed by atoms with van der Waals surface area (Å²) in [6, 6.07) is 0. The second kappa shape index (κ2) is 3.68. The van der Waals surface area contributed by atoms with Crippen LogP contribution in [0.5, 0.6) is 5.88 Å². The summed E-state index contributed by atoms with van der Waals surface area (Å²) in [7, 11) is 0. The van der Waals surface area contributed by atoms with Gasteiger partial charge in [0, 0.05) is 0 Å². The second-order valence-corrected chi connectivity index (χ2v) is 3.63. The minimum atomic E-state index is -0.0102. The fraction of sp³-hybridized carbons (Fsp3) is 0. The Morgan fingerprint density at radius 1 is 1.91 bits per heavy atom. The van der Waals surface area contributed by atoms with Crippen LogP contribution in [0.2, 0.25) is 0 Å². The largest absolute Gasteiger partial charge is 0.493 e. The van der Waals surface area contributed by atoms with E-state index in [9.17, 15) is 4.79 Å². The van der Waals surface area contributed by atoms with Gasteiger partial charge in [0.15, 0.2) is 3.95 Å². The zero-order valence-corrected chi connectivity index (χ0v) is 7.50. The predicted molar refractivity (Wildman–Crippen MR) is 45.9 cm³/mol. The maximum Gasteiger partial charge on any atom is 0.249 e. The normalized spacial score (nSPS) is 9.09. The van der Waals surface area contributed by atoms with E-state index in [2.05, 4.69) is 4.40 Å². The average Bonchev–Trinajstić information content (AvgIpc) is 2.29. The fourth-order valence-electron chi connectivity index (χ4n) is 0.425. The van der Waals surface area contributed by atoms with Crippen LogP contribution in [0.1, 0.15) is 0 Å². The Hall–Kier alpha value is -0.620. The molecule has 0 fully saturated rings. The third kappa shape index (κ3) is 1.90. The second-order valence-electron chi connectivity index (χ2n) is 1.42. The molecular formula is C4H2N2O2S3. The quantitative estimate of drug-likeness (QED) is 0.346. The molecule has 7 heteroatoms. The van der Waals surface area contributed by atoms with Gasteiger partial charge in [-0.3, -0.25) is 0 Å². The number of aromatic hydroxyl groups is 1. The van der Waals surface area contributed by atoms with E-state index in [0.717, 1.165) is 12.1 Å². The number of hydrogen-bond donors (Lipinski definition) is 1. The molecule has 0 amide bonds. The van der Waals surface area contributed by atoms with Gasteiger partial charge in [-0.05, 0) is 12.2 Å². The van der Waals surface area contributed by atoms with Gasteiger partial charge in [-0.2, -0.15) is 0 Å². The molecule has 0 aromatic carbocycles. The number of hydrogen-bond acceptors (Lipinski definition) is 6. The smallest absolute Gasteiger partial charge is 0.249 e. The van der Waals surface area contributed by atoms with Gasteiger partial charge >= 0.3 is 0 Å². The number of thiazole rings is 1. The van der Waals surface area contributed by atoms with Crippen LogP contribution in [0.3, 0.4) is 0 Å². The molecule has 1 N–H and O–H groups in total. The molecule has 1 rings (SSSR count). The van der Waals surface area contributed by atoms with Crippen LogP contribution in [0.15, 0.2) is 9.78 Å². The van der Waals surface area contributed by atoms with Crippen molar-refractivity contribution in [1.82, 2.24) is 3.97 Å². The zero-order chi connectivity index (χ0) is 8.27. The Kier molecular flexibility index (Phi) is 2.84. The molecule has 0 spiro atoms. The molecular weight excluding hydrogens is 204 g/mol. The Bertz CT molecular complexity index is 348. The lowest BCUT2D eigenvalue weighted by molar-refractivity contribution is 0.451. The van der Waals surface area contributed by atoms with Gasteiger partial charge < -0.3 is 5.11 Å². The summed E-state index contributed by atoms with van der Waals surface area (Å²) < 4.78 is 4.90. The van der Waals surface area contributed by atoms with Crippen molar-refractivity contribution in [3.8, 4) is 5.88 Å². The molecule has 1 aromatic rings. The summed E-state index contributed by atoms with van der Waals surface area (Å²) in [4.78, 5) is 9.68. The highest BCUT2D eigenvalue weighted by Gasteiger charge is 2.00. The van der Waals surface area contributed by atoms with Crippen molar-refractivity contribution in [1.29, 1.82) is 0 Å². The van der Waals surface area contributed by atoms with Gasteiger partial charge in [0.25, 0.3) is 0 Å². The molecule has 0 aliphatic rings. The van der Waals surface area contributed by atoms with Crippen LogP contribution in [0, 0.1) is 3.95 Å². The highest BCUT2D eigenvalue weighted by atomic mass is 32.2. The highest BCUT2D eigenvalue weighted by molar-refractivity contribution is 7.97. The molecule has 0 aliphatic heterocycles. The molecule has 0 unspecified atom stereocenters. The maximum atomic E-state index is 9.68. The van der Waals surface area contributed by atoms with Crippen molar-refractivity contribution < 1.29 is 9.90 Å². The number of rotatable bonds is 2. The van der Waals surface area contributed by atoms with Crippen molar-refractivity contribution in [3.05, 3.63) is 9.33 Å². The van der Waals surface area contributed by atoms with Crippen molar-refractivity contribution in [3.63, 3.8) is 0 Å². The first-order valence-electron chi connectivity index (χ1n) is 2.40. The highest BCUT2D eigenvalue weighted by Crippen LogP contribution is 2.23. The minimum Gasteiger partial charge on any atom is -0.493 e. The molecule has 0 radical (unpaired) electrons. The SMILES string of the molecule is O=C=NSn1c(O)csc1=S. The van der Waals surface area contributed by atoms with Gasteiger partial charge in [0.1, 0.15) is 12.1 Å². The van der Waals surface area contributed by atoms with Gasteiger partial charge in [-0.25, -0.2) is 8.77 Å². The van der Waals surface area contributed by atoms with E-state index >= 15 is 0 Å². The molecule has 58 valence electrons. The number of aromatic nitrogens is 1. The molecule has 0 atom stereocenters. The summed E-state index contributed by atoms with van der Waals surface area (Å²) in [5.74, 6) is -0.0102. The van der Waals surface area contributed by atoms with E-state index in [1.165, 1.54) is 26.8 Å². The van der Waals surface area contributed by atoms with Gasteiger partial charge in [0.2, 0.25) is 12.0 Å². The molecule has 0 bridgehead atoms. The summed E-state index contributed by atoms with van der Waals surface area (Å²) in [6.45, 7) is 0. The summed E-state index contributed by atoms with van der Waals surface area (Å²) in [6.07, 6.45) is 1.32. The third-order valence-electron chi connectivity index (χ3n) is 0.799.